The molecule has 33 heavy (non-hydrogen) atoms. The van der Waals surface area contributed by atoms with Crippen molar-refractivity contribution >= 4 is 28.4 Å². The fourth-order valence-electron chi connectivity index (χ4n) is 3.54. The Morgan fingerprint density at radius 3 is 2.45 bits per heavy atom. The predicted octanol–water partition coefficient (Wildman–Crippen LogP) is 4.27. The van der Waals surface area contributed by atoms with Crippen LogP contribution >= 0.6 is 0 Å². The second-order valence-corrected chi connectivity index (χ2v) is 9.12. The number of pyridine rings is 1. The number of fused-ring (bicyclic) bond motifs is 1. The highest BCUT2D eigenvalue weighted by Gasteiger charge is 2.20. The third-order valence-corrected chi connectivity index (χ3v) is 5.34. The molecule has 0 aliphatic rings. The van der Waals surface area contributed by atoms with Crippen molar-refractivity contribution in [2.75, 3.05) is 24.3 Å². The third kappa shape index (κ3) is 4.37. The molecule has 170 valence electrons. The number of aromatic nitrogens is 5. The molecule has 3 heterocycles. The average Bonchev–Trinajstić information content (AvgIpc) is 3.05. The third-order valence-electron chi connectivity index (χ3n) is 5.34. The first-order valence-electron chi connectivity index (χ1n) is 10.8. The smallest absolute Gasteiger partial charge is 0.278 e. The van der Waals surface area contributed by atoms with Gasteiger partial charge in [0.1, 0.15) is 5.39 Å². The van der Waals surface area contributed by atoms with Crippen LogP contribution in [0.15, 0.2) is 66.1 Å². The summed E-state index contributed by atoms with van der Waals surface area (Å²) in [5.74, 6) is 1.02. The van der Waals surface area contributed by atoms with Gasteiger partial charge in [0.05, 0.1) is 6.54 Å². The second-order valence-electron chi connectivity index (χ2n) is 9.12. The molecule has 0 spiro atoms. The van der Waals surface area contributed by atoms with Crippen molar-refractivity contribution < 1.29 is 0 Å². The lowest BCUT2D eigenvalue weighted by Gasteiger charge is -2.19. The van der Waals surface area contributed by atoms with Gasteiger partial charge in [-0.1, -0.05) is 32.9 Å². The van der Waals surface area contributed by atoms with Gasteiger partial charge in [-0.3, -0.25) is 4.79 Å². The molecular weight excluding hydrogens is 414 g/mol. The molecule has 1 N–H and O–H groups in total. The first-order valence-corrected chi connectivity index (χ1v) is 10.8. The Hall–Kier alpha value is -3.94. The van der Waals surface area contributed by atoms with Crippen molar-refractivity contribution in [1.82, 2.24) is 24.3 Å². The van der Waals surface area contributed by atoms with Crippen molar-refractivity contribution in [3.63, 3.8) is 0 Å². The van der Waals surface area contributed by atoms with Gasteiger partial charge in [-0.25, -0.2) is 19.3 Å². The molecule has 0 radical (unpaired) electrons. The Morgan fingerprint density at radius 2 is 1.82 bits per heavy atom. The van der Waals surface area contributed by atoms with Crippen molar-refractivity contribution in [2.45, 2.75) is 32.7 Å². The van der Waals surface area contributed by atoms with Gasteiger partial charge in [0.25, 0.3) is 5.56 Å². The normalized spacial score (nSPS) is 11.5. The van der Waals surface area contributed by atoms with E-state index in [4.69, 9.17) is 9.97 Å². The van der Waals surface area contributed by atoms with Crippen molar-refractivity contribution in [2.24, 2.45) is 0 Å². The van der Waals surface area contributed by atoms with Gasteiger partial charge in [-0.2, -0.15) is 4.98 Å². The van der Waals surface area contributed by atoms with Gasteiger partial charge in [0, 0.05) is 42.8 Å². The van der Waals surface area contributed by atoms with E-state index in [0.29, 0.717) is 29.3 Å². The Morgan fingerprint density at radius 1 is 1.09 bits per heavy atom. The van der Waals surface area contributed by atoms with E-state index in [1.165, 1.54) is 0 Å². The summed E-state index contributed by atoms with van der Waals surface area (Å²) in [4.78, 5) is 29.1. The lowest BCUT2D eigenvalue weighted by molar-refractivity contribution is 0.554. The molecule has 0 amide bonds. The van der Waals surface area contributed by atoms with Crippen molar-refractivity contribution in [1.29, 1.82) is 0 Å². The van der Waals surface area contributed by atoms with Crippen molar-refractivity contribution in [3.05, 3.63) is 77.4 Å². The minimum atomic E-state index is -0.185. The molecule has 8 nitrogen and oxygen atoms in total. The molecule has 0 aliphatic carbocycles. The lowest BCUT2D eigenvalue weighted by Crippen LogP contribution is -2.23. The van der Waals surface area contributed by atoms with Gasteiger partial charge in [-0.15, -0.1) is 6.58 Å². The van der Waals surface area contributed by atoms with Crippen LogP contribution in [-0.2, 0) is 12.0 Å². The van der Waals surface area contributed by atoms with Gasteiger partial charge in [0.2, 0.25) is 5.95 Å². The Bertz CT molecular complexity index is 1360. The zero-order valence-electron chi connectivity index (χ0n) is 19.7. The van der Waals surface area contributed by atoms with Crippen molar-refractivity contribution in [3.8, 4) is 5.82 Å². The minimum absolute atomic E-state index is 0.136. The molecule has 3 aromatic heterocycles. The number of anilines is 3. The Kier molecular flexibility index (Phi) is 5.76. The van der Waals surface area contributed by atoms with E-state index in [1.54, 1.807) is 21.6 Å². The van der Waals surface area contributed by atoms with E-state index >= 15 is 0 Å². The van der Waals surface area contributed by atoms with Crippen LogP contribution in [0, 0.1) is 0 Å². The summed E-state index contributed by atoms with van der Waals surface area (Å²) < 4.78 is 3.33. The van der Waals surface area contributed by atoms with Gasteiger partial charge >= 0.3 is 0 Å². The largest absolute Gasteiger partial charge is 0.378 e. The molecule has 4 rings (SSSR count). The average molecular weight is 444 g/mol. The van der Waals surface area contributed by atoms with Crippen LogP contribution in [0.2, 0.25) is 0 Å². The van der Waals surface area contributed by atoms with Gasteiger partial charge in [-0.05, 0) is 36.4 Å². The first-order chi connectivity index (χ1) is 15.7. The summed E-state index contributed by atoms with van der Waals surface area (Å²) >= 11 is 0. The van der Waals surface area contributed by atoms with Gasteiger partial charge < -0.3 is 10.2 Å². The summed E-state index contributed by atoms with van der Waals surface area (Å²) in [7, 11) is 3.99. The number of hydrogen-bond acceptors (Lipinski definition) is 6. The molecule has 0 unspecified atom stereocenters. The maximum Gasteiger partial charge on any atom is 0.278 e. The number of nitrogens with zero attached hydrogens (tertiary/aromatic N) is 6. The van der Waals surface area contributed by atoms with E-state index in [0.717, 1.165) is 17.1 Å². The molecule has 0 bridgehead atoms. The Labute approximate surface area is 193 Å². The highest BCUT2D eigenvalue weighted by atomic mass is 16.1. The topological polar surface area (TPSA) is 80.9 Å². The standard InChI is InChI=1S/C25H29N7O/c1-7-15-31-23(33)19-16-26-24(27-17-11-13-18(14-12-17)30(5)6)29-22(19)32(31)21-10-8-9-20(28-21)25(2,3)4/h7-14,16H,1,15H2,2-6H3,(H,26,27,29). The molecular formula is C25H29N7O. The fourth-order valence-corrected chi connectivity index (χ4v) is 3.54. The van der Waals surface area contributed by atoms with E-state index in [1.807, 2.05) is 61.5 Å². The van der Waals surface area contributed by atoms with E-state index in [-0.39, 0.29) is 11.0 Å². The van der Waals surface area contributed by atoms with Crippen LogP contribution < -0.4 is 15.8 Å². The number of rotatable bonds is 6. The fraction of sp³-hybridized carbons (Fsp3) is 0.280. The van der Waals surface area contributed by atoms with Crippen LogP contribution in [0.25, 0.3) is 16.9 Å². The Balaban J connectivity index is 1.84. The summed E-state index contributed by atoms with van der Waals surface area (Å²) in [6.45, 7) is 10.5. The molecule has 8 heteroatoms. The quantitative estimate of drug-likeness (QED) is 0.448. The molecule has 0 atom stereocenters. The second kappa shape index (κ2) is 8.54. The summed E-state index contributed by atoms with van der Waals surface area (Å²) in [6, 6.07) is 13.8. The SMILES string of the molecule is C=CCn1c(=O)c2cnc(Nc3ccc(N(C)C)cc3)nc2n1-c1cccc(C(C)(C)C)n1. The highest BCUT2D eigenvalue weighted by molar-refractivity contribution is 5.77. The number of allylic oxidation sites excluding steroid dienone is 1. The maximum absolute atomic E-state index is 13.1. The molecule has 1 aromatic carbocycles. The number of benzene rings is 1. The molecule has 0 saturated carbocycles. The van der Waals surface area contributed by atoms with E-state index in [2.05, 4.69) is 37.7 Å². The molecule has 0 fully saturated rings. The molecule has 0 aliphatic heterocycles. The zero-order valence-corrected chi connectivity index (χ0v) is 19.7. The highest BCUT2D eigenvalue weighted by Crippen LogP contribution is 2.23. The predicted molar refractivity (Wildman–Crippen MR) is 134 cm³/mol. The van der Waals surface area contributed by atoms with E-state index < -0.39 is 0 Å². The van der Waals surface area contributed by atoms with Gasteiger partial charge in [0.15, 0.2) is 11.5 Å². The van der Waals surface area contributed by atoms with Crippen LogP contribution in [0.3, 0.4) is 0 Å². The zero-order chi connectivity index (χ0) is 23.8. The number of nitrogens with one attached hydrogen (secondary N) is 1. The lowest BCUT2D eigenvalue weighted by atomic mass is 9.92. The number of hydrogen-bond donors (Lipinski definition) is 1. The maximum atomic E-state index is 13.1. The van der Waals surface area contributed by atoms with Crippen LogP contribution in [-0.4, -0.2) is 38.4 Å². The summed E-state index contributed by atoms with van der Waals surface area (Å²) in [5, 5.41) is 3.66. The summed E-state index contributed by atoms with van der Waals surface area (Å²) in [5.41, 5.74) is 3.04. The van der Waals surface area contributed by atoms with Crippen LogP contribution in [0.5, 0.6) is 0 Å². The van der Waals surface area contributed by atoms with E-state index in [9.17, 15) is 4.79 Å². The minimum Gasteiger partial charge on any atom is -0.378 e. The van der Waals surface area contributed by atoms with Crippen LogP contribution in [0.4, 0.5) is 17.3 Å². The molecule has 0 saturated heterocycles. The van der Waals surface area contributed by atoms with Crippen LogP contribution in [0.1, 0.15) is 26.5 Å². The summed E-state index contributed by atoms with van der Waals surface area (Å²) in [6.07, 6.45) is 3.24. The first kappa shape index (κ1) is 22.3. The molecule has 4 aromatic rings. The monoisotopic (exact) mass is 443 g/mol.